The van der Waals surface area contributed by atoms with E-state index in [1.165, 1.54) is 0 Å². The van der Waals surface area contributed by atoms with Crippen molar-refractivity contribution >= 4 is 5.95 Å². The lowest BCUT2D eigenvalue weighted by atomic mass is 10.0. The van der Waals surface area contributed by atoms with Crippen molar-refractivity contribution in [2.45, 2.75) is 26.8 Å². The Kier molecular flexibility index (Phi) is 4.99. The lowest BCUT2D eigenvalue weighted by molar-refractivity contribution is 0.190. The fourth-order valence-corrected chi connectivity index (χ4v) is 2.60. The maximum Gasteiger partial charge on any atom is 0.223 e. The maximum atomic E-state index is 5.31. The topological polar surface area (TPSA) is 98.8 Å². The van der Waals surface area contributed by atoms with Crippen LogP contribution in [0.25, 0.3) is 22.5 Å². The Morgan fingerprint density at radius 2 is 2.04 bits per heavy atom. The number of ether oxygens (including phenoxy) is 1. The molecule has 0 aliphatic rings. The standard InChI is InChI=1S/C17H20N6O2/c1-10(9-24-4)21-17-20-7-13(14-8-18-5-6-19-14)16(22-17)15-11(2)23-25-12(15)3/h5-8,10H,9H2,1-4H3,(H,20,21,22)/t10-/m1/s1. The number of hydrogen-bond acceptors (Lipinski definition) is 8. The quantitative estimate of drug-likeness (QED) is 0.731. The molecule has 3 rings (SSSR count). The molecule has 1 atom stereocenters. The van der Waals surface area contributed by atoms with Crippen LogP contribution in [-0.4, -0.2) is 44.9 Å². The zero-order valence-corrected chi connectivity index (χ0v) is 14.6. The number of nitrogens with one attached hydrogen (secondary N) is 1. The predicted molar refractivity (Wildman–Crippen MR) is 93.0 cm³/mol. The first-order chi connectivity index (χ1) is 12.1. The monoisotopic (exact) mass is 340 g/mol. The summed E-state index contributed by atoms with van der Waals surface area (Å²) in [5.41, 5.74) is 3.77. The first-order valence-electron chi connectivity index (χ1n) is 7.92. The normalized spacial score (nSPS) is 12.2. The van der Waals surface area contributed by atoms with Crippen molar-refractivity contribution in [3.63, 3.8) is 0 Å². The van der Waals surface area contributed by atoms with Gasteiger partial charge in [-0.15, -0.1) is 0 Å². The van der Waals surface area contributed by atoms with Crippen molar-refractivity contribution < 1.29 is 9.26 Å². The van der Waals surface area contributed by atoms with Crippen LogP contribution in [0.4, 0.5) is 5.95 Å². The van der Waals surface area contributed by atoms with Gasteiger partial charge in [-0.2, -0.15) is 0 Å². The van der Waals surface area contributed by atoms with E-state index in [1.807, 2.05) is 20.8 Å². The Morgan fingerprint density at radius 1 is 1.20 bits per heavy atom. The van der Waals surface area contributed by atoms with Gasteiger partial charge in [0.15, 0.2) is 0 Å². The van der Waals surface area contributed by atoms with Gasteiger partial charge >= 0.3 is 0 Å². The summed E-state index contributed by atoms with van der Waals surface area (Å²) < 4.78 is 10.5. The lowest BCUT2D eigenvalue weighted by Crippen LogP contribution is -2.22. The highest BCUT2D eigenvalue weighted by Gasteiger charge is 2.20. The van der Waals surface area contributed by atoms with Crippen LogP contribution in [0.2, 0.25) is 0 Å². The van der Waals surface area contributed by atoms with Crippen LogP contribution in [0.1, 0.15) is 18.4 Å². The fraction of sp³-hybridized carbons (Fsp3) is 0.353. The van der Waals surface area contributed by atoms with Crippen LogP contribution in [-0.2, 0) is 4.74 Å². The van der Waals surface area contributed by atoms with Gasteiger partial charge < -0.3 is 14.6 Å². The molecule has 0 radical (unpaired) electrons. The minimum absolute atomic E-state index is 0.0740. The van der Waals surface area contributed by atoms with Crippen molar-refractivity contribution in [1.82, 2.24) is 25.1 Å². The Morgan fingerprint density at radius 3 is 2.68 bits per heavy atom. The van der Waals surface area contributed by atoms with E-state index in [2.05, 4.69) is 30.4 Å². The number of nitrogens with zero attached hydrogens (tertiary/aromatic N) is 5. The molecule has 8 nitrogen and oxygen atoms in total. The second-order valence-electron chi connectivity index (χ2n) is 5.75. The lowest BCUT2D eigenvalue weighted by Gasteiger charge is -2.14. The second-order valence-corrected chi connectivity index (χ2v) is 5.75. The van der Waals surface area contributed by atoms with Gasteiger partial charge in [0, 0.05) is 37.3 Å². The van der Waals surface area contributed by atoms with Gasteiger partial charge in [0.2, 0.25) is 5.95 Å². The summed E-state index contributed by atoms with van der Waals surface area (Å²) in [7, 11) is 1.66. The van der Waals surface area contributed by atoms with Crippen LogP contribution in [0.5, 0.6) is 0 Å². The Balaban J connectivity index is 2.10. The largest absolute Gasteiger partial charge is 0.383 e. The molecule has 3 heterocycles. The zero-order valence-electron chi connectivity index (χ0n) is 14.6. The van der Waals surface area contributed by atoms with Gasteiger partial charge in [-0.3, -0.25) is 9.97 Å². The molecule has 0 bridgehead atoms. The molecule has 8 heteroatoms. The average Bonchev–Trinajstić information content (AvgIpc) is 2.94. The number of hydrogen-bond donors (Lipinski definition) is 1. The van der Waals surface area contributed by atoms with Crippen molar-refractivity contribution in [3.8, 4) is 22.5 Å². The van der Waals surface area contributed by atoms with Gasteiger partial charge in [0.1, 0.15) is 5.76 Å². The molecule has 3 aromatic heterocycles. The van der Waals surface area contributed by atoms with Gasteiger partial charge in [-0.05, 0) is 20.8 Å². The minimum Gasteiger partial charge on any atom is -0.383 e. The third-order valence-electron chi connectivity index (χ3n) is 3.69. The summed E-state index contributed by atoms with van der Waals surface area (Å²) in [6, 6.07) is 0.0740. The van der Waals surface area contributed by atoms with E-state index < -0.39 is 0 Å². The average molecular weight is 340 g/mol. The highest BCUT2D eigenvalue weighted by atomic mass is 16.5. The van der Waals surface area contributed by atoms with E-state index in [4.69, 9.17) is 9.26 Å². The minimum atomic E-state index is 0.0740. The molecule has 0 saturated carbocycles. The molecular weight excluding hydrogens is 320 g/mol. The summed E-state index contributed by atoms with van der Waals surface area (Å²) >= 11 is 0. The van der Waals surface area contributed by atoms with Crippen molar-refractivity contribution in [2.75, 3.05) is 19.0 Å². The van der Waals surface area contributed by atoms with E-state index in [1.54, 1.807) is 31.9 Å². The molecule has 1 N–H and O–H groups in total. The molecule has 0 aliphatic heterocycles. The number of anilines is 1. The number of methoxy groups -OCH3 is 1. The smallest absolute Gasteiger partial charge is 0.223 e. The van der Waals surface area contributed by atoms with E-state index in [9.17, 15) is 0 Å². The molecule has 130 valence electrons. The van der Waals surface area contributed by atoms with Gasteiger partial charge in [-0.1, -0.05) is 5.16 Å². The van der Waals surface area contributed by atoms with E-state index in [0.717, 1.165) is 16.8 Å². The number of aromatic nitrogens is 5. The molecule has 25 heavy (non-hydrogen) atoms. The third kappa shape index (κ3) is 3.63. The van der Waals surface area contributed by atoms with Crippen LogP contribution >= 0.6 is 0 Å². The third-order valence-corrected chi connectivity index (χ3v) is 3.69. The first kappa shape index (κ1) is 17.0. The number of aryl methyl sites for hydroxylation is 2. The van der Waals surface area contributed by atoms with Gasteiger partial charge in [0.25, 0.3) is 0 Å². The van der Waals surface area contributed by atoms with Gasteiger partial charge in [0.05, 0.1) is 35.4 Å². The van der Waals surface area contributed by atoms with Crippen LogP contribution < -0.4 is 5.32 Å². The van der Waals surface area contributed by atoms with E-state index >= 15 is 0 Å². The number of rotatable bonds is 6. The maximum absolute atomic E-state index is 5.31. The summed E-state index contributed by atoms with van der Waals surface area (Å²) in [5.74, 6) is 1.20. The highest BCUT2D eigenvalue weighted by Crippen LogP contribution is 2.33. The molecule has 0 aromatic carbocycles. The first-order valence-corrected chi connectivity index (χ1v) is 7.92. The predicted octanol–water partition coefficient (Wildman–Crippen LogP) is 2.65. The van der Waals surface area contributed by atoms with Crippen LogP contribution in [0.15, 0.2) is 29.3 Å². The molecule has 0 spiro atoms. The second kappa shape index (κ2) is 7.35. The Bertz CT molecular complexity index is 830. The fourth-order valence-electron chi connectivity index (χ4n) is 2.60. The van der Waals surface area contributed by atoms with Crippen molar-refractivity contribution in [3.05, 3.63) is 36.2 Å². The summed E-state index contributed by atoms with van der Waals surface area (Å²) in [6.07, 6.45) is 6.68. The molecule has 0 fully saturated rings. The zero-order chi connectivity index (χ0) is 17.8. The summed E-state index contributed by atoms with van der Waals surface area (Å²) in [5, 5.41) is 7.26. The Hall–Kier alpha value is -2.87. The van der Waals surface area contributed by atoms with E-state index in [0.29, 0.717) is 29.7 Å². The van der Waals surface area contributed by atoms with Crippen molar-refractivity contribution in [1.29, 1.82) is 0 Å². The summed E-state index contributed by atoms with van der Waals surface area (Å²) in [4.78, 5) is 17.6. The SMILES string of the molecule is COC[C@@H](C)Nc1ncc(-c2cnccn2)c(-c2c(C)noc2C)n1. The molecule has 0 unspecified atom stereocenters. The van der Waals surface area contributed by atoms with Crippen LogP contribution in [0.3, 0.4) is 0 Å². The molecule has 0 aliphatic carbocycles. The van der Waals surface area contributed by atoms with E-state index in [-0.39, 0.29) is 6.04 Å². The molecule has 0 saturated heterocycles. The summed E-state index contributed by atoms with van der Waals surface area (Å²) in [6.45, 7) is 6.29. The molecule has 0 amide bonds. The van der Waals surface area contributed by atoms with Crippen molar-refractivity contribution in [2.24, 2.45) is 0 Å². The van der Waals surface area contributed by atoms with Gasteiger partial charge in [-0.25, -0.2) is 9.97 Å². The Labute approximate surface area is 145 Å². The highest BCUT2D eigenvalue weighted by molar-refractivity contribution is 5.80. The molecular formula is C17H20N6O2. The van der Waals surface area contributed by atoms with Crippen LogP contribution in [0, 0.1) is 13.8 Å². The molecule has 3 aromatic rings.